The van der Waals surface area contributed by atoms with Gasteiger partial charge in [0.2, 0.25) is 0 Å². The van der Waals surface area contributed by atoms with Crippen molar-refractivity contribution in [2.24, 2.45) is 0 Å². The van der Waals surface area contributed by atoms with E-state index in [1.54, 1.807) is 0 Å². The Balaban J connectivity index is 1.76. The van der Waals surface area contributed by atoms with E-state index in [0.29, 0.717) is 6.04 Å². The number of nitrogens with one attached hydrogen (secondary N) is 1. The average Bonchev–Trinajstić information content (AvgIpc) is 2.63. The molecule has 1 N–H and O–H groups in total. The van der Waals surface area contributed by atoms with Gasteiger partial charge >= 0.3 is 0 Å². The number of hydrogen-bond acceptors (Lipinski definition) is 2. The number of fused-ring (bicyclic) bond motifs is 1. The van der Waals surface area contributed by atoms with E-state index in [1.807, 2.05) is 0 Å². The molecule has 0 bridgehead atoms. The van der Waals surface area contributed by atoms with Crippen molar-refractivity contribution < 1.29 is 0 Å². The Labute approximate surface area is 144 Å². The third-order valence-electron chi connectivity index (χ3n) is 5.25. The molecule has 0 spiro atoms. The number of benzene rings is 1. The van der Waals surface area contributed by atoms with Crippen LogP contribution in [0.5, 0.6) is 0 Å². The number of pyridine rings is 1. The summed E-state index contributed by atoms with van der Waals surface area (Å²) in [4.78, 5) is 4.96. The third-order valence-corrected chi connectivity index (χ3v) is 5.25. The molecule has 4 rings (SSSR count). The fraction of sp³-hybridized carbons (Fsp3) is 0.409. The molecule has 2 nitrogen and oxygen atoms in total. The van der Waals surface area contributed by atoms with E-state index in [1.165, 1.54) is 53.1 Å². The fourth-order valence-corrected chi connectivity index (χ4v) is 3.87. The minimum atomic E-state index is 0.617. The molecule has 124 valence electrons. The summed E-state index contributed by atoms with van der Waals surface area (Å²) in [5, 5.41) is 6.26. The van der Waals surface area contributed by atoms with Gasteiger partial charge in [0.1, 0.15) is 0 Å². The molecule has 2 aromatic rings. The number of aryl methyl sites for hydroxylation is 1. The summed E-state index contributed by atoms with van der Waals surface area (Å²) in [5.74, 6) is 0. The first-order valence-corrected chi connectivity index (χ1v) is 9.30. The molecule has 1 aromatic carbocycles. The number of aromatic nitrogens is 1. The van der Waals surface area contributed by atoms with E-state index < -0.39 is 0 Å². The van der Waals surface area contributed by atoms with Crippen molar-refractivity contribution in [2.75, 3.05) is 6.54 Å². The largest absolute Gasteiger partial charge is 0.314 e. The zero-order valence-electron chi connectivity index (χ0n) is 14.5. The molecule has 1 fully saturated rings. The van der Waals surface area contributed by atoms with Crippen LogP contribution in [0.4, 0.5) is 0 Å². The number of rotatable bonds is 3. The highest BCUT2D eigenvalue weighted by Crippen LogP contribution is 2.18. The molecule has 24 heavy (non-hydrogen) atoms. The van der Waals surface area contributed by atoms with Crippen molar-refractivity contribution in [1.29, 1.82) is 0 Å². The standard InChI is InChI=1S/C22H26N2/c1-16-9-11-17(12-10-16)22-15-18(14-19-6-4-5-13-23-19)20-7-2-3-8-21(20)24-22/h7-12,15,19,23H,2-6,13-14H2,1H3. The molecule has 0 radical (unpaired) electrons. The van der Waals surface area contributed by atoms with Gasteiger partial charge in [-0.15, -0.1) is 0 Å². The molecule has 2 heteroatoms. The lowest BCUT2D eigenvalue weighted by atomic mass is 9.94. The SMILES string of the molecule is Cc1ccc(-c2cc(CC3CCCCN3)c3c(n2)=CCCC=3)cc1. The summed E-state index contributed by atoms with van der Waals surface area (Å²) in [6.45, 7) is 3.30. The van der Waals surface area contributed by atoms with Crippen LogP contribution in [0.1, 0.15) is 43.2 Å². The molecule has 2 heterocycles. The monoisotopic (exact) mass is 318 g/mol. The first-order chi connectivity index (χ1) is 11.8. The lowest BCUT2D eigenvalue weighted by Crippen LogP contribution is -2.40. The smallest absolute Gasteiger partial charge is 0.0712 e. The Kier molecular flexibility index (Phi) is 4.48. The topological polar surface area (TPSA) is 24.9 Å². The van der Waals surface area contributed by atoms with Gasteiger partial charge in [0.15, 0.2) is 0 Å². The third kappa shape index (κ3) is 3.29. The van der Waals surface area contributed by atoms with Crippen LogP contribution in [0.15, 0.2) is 30.3 Å². The lowest BCUT2D eigenvalue weighted by Gasteiger charge is -2.24. The molecule has 1 aliphatic carbocycles. The van der Waals surface area contributed by atoms with E-state index in [9.17, 15) is 0 Å². The second-order valence-electron chi connectivity index (χ2n) is 7.17. The van der Waals surface area contributed by atoms with Crippen LogP contribution in [0.2, 0.25) is 0 Å². The molecule has 2 aliphatic rings. The first kappa shape index (κ1) is 15.6. The normalized spacial score (nSPS) is 20.0. The van der Waals surface area contributed by atoms with Gasteiger partial charge in [-0.3, -0.25) is 0 Å². The quantitative estimate of drug-likeness (QED) is 0.941. The maximum Gasteiger partial charge on any atom is 0.0712 e. The van der Waals surface area contributed by atoms with E-state index in [4.69, 9.17) is 4.98 Å². The fourth-order valence-electron chi connectivity index (χ4n) is 3.87. The van der Waals surface area contributed by atoms with Crippen molar-refractivity contribution in [3.05, 3.63) is 52.0 Å². The van der Waals surface area contributed by atoms with Crippen LogP contribution >= 0.6 is 0 Å². The van der Waals surface area contributed by atoms with Crippen LogP contribution in [0, 0.1) is 6.92 Å². The number of hydrogen-bond donors (Lipinski definition) is 1. The van der Waals surface area contributed by atoms with Crippen LogP contribution in [-0.4, -0.2) is 17.6 Å². The summed E-state index contributed by atoms with van der Waals surface area (Å²) in [6.07, 6.45) is 12.0. The lowest BCUT2D eigenvalue weighted by molar-refractivity contribution is 0.399. The van der Waals surface area contributed by atoms with Crippen LogP contribution in [0.25, 0.3) is 23.4 Å². The van der Waals surface area contributed by atoms with Crippen molar-refractivity contribution >= 4 is 12.2 Å². The number of nitrogens with zero attached hydrogens (tertiary/aromatic N) is 1. The molecule has 1 saturated heterocycles. The molecular formula is C22H26N2. The van der Waals surface area contributed by atoms with Crippen LogP contribution in [0.3, 0.4) is 0 Å². The average molecular weight is 318 g/mol. The summed E-state index contributed by atoms with van der Waals surface area (Å²) < 4.78 is 0. The van der Waals surface area contributed by atoms with Crippen molar-refractivity contribution in [3.8, 4) is 11.3 Å². The van der Waals surface area contributed by atoms with Gasteiger partial charge in [-0.25, -0.2) is 4.98 Å². The molecule has 0 saturated carbocycles. The van der Waals surface area contributed by atoms with E-state index in [0.717, 1.165) is 25.0 Å². The van der Waals surface area contributed by atoms with E-state index in [-0.39, 0.29) is 0 Å². The Morgan fingerprint density at radius 2 is 1.92 bits per heavy atom. The summed E-state index contributed by atoms with van der Waals surface area (Å²) >= 11 is 0. The predicted molar refractivity (Wildman–Crippen MR) is 101 cm³/mol. The van der Waals surface area contributed by atoms with Crippen molar-refractivity contribution in [3.63, 3.8) is 0 Å². The number of piperidine rings is 1. The predicted octanol–water partition coefficient (Wildman–Crippen LogP) is 3.10. The van der Waals surface area contributed by atoms with Crippen molar-refractivity contribution in [1.82, 2.24) is 10.3 Å². The van der Waals surface area contributed by atoms with Crippen molar-refractivity contribution in [2.45, 2.75) is 51.5 Å². The summed E-state index contributed by atoms with van der Waals surface area (Å²) in [6, 6.07) is 11.7. The Morgan fingerprint density at radius 1 is 1.08 bits per heavy atom. The molecule has 1 unspecified atom stereocenters. The molecule has 1 aliphatic heterocycles. The Morgan fingerprint density at radius 3 is 2.71 bits per heavy atom. The highest BCUT2D eigenvalue weighted by molar-refractivity contribution is 5.61. The van der Waals surface area contributed by atoms with E-state index >= 15 is 0 Å². The van der Waals surface area contributed by atoms with Gasteiger partial charge in [-0.05, 0) is 62.4 Å². The maximum atomic E-state index is 4.96. The maximum absolute atomic E-state index is 4.96. The van der Waals surface area contributed by atoms with Gasteiger partial charge < -0.3 is 5.32 Å². The highest BCUT2D eigenvalue weighted by Gasteiger charge is 2.15. The van der Waals surface area contributed by atoms with Gasteiger partial charge in [0.05, 0.1) is 11.0 Å². The molecule has 0 amide bonds. The van der Waals surface area contributed by atoms with Crippen LogP contribution < -0.4 is 15.9 Å². The molecule has 1 aromatic heterocycles. The first-order valence-electron chi connectivity index (χ1n) is 9.30. The highest BCUT2D eigenvalue weighted by atomic mass is 14.9. The minimum Gasteiger partial charge on any atom is -0.314 e. The zero-order valence-corrected chi connectivity index (χ0v) is 14.5. The van der Waals surface area contributed by atoms with Gasteiger partial charge in [0.25, 0.3) is 0 Å². The second kappa shape index (κ2) is 6.90. The molecule has 1 atom stereocenters. The Hall–Kier alpha value is -1.93. The second-order valence-corrected chi connectivity index (χ2v) is 7.17. The zero-order chi connectivity index (χ0) is 16.4. The Bertz CT molecular complexity index is 828. The molecular weight excluding hydrogens is 292 g/mol. The van der Waals surface area contributed by atoms with Gasteiger partial charge in [-0.2, -0.15) is 0 Å². The minimum absolute atomic E-state index is 0.617. The summed E-state index contributed by atoms with van der Waals surface area (Å²) in [5.41, 5.74) is 5.10. The van der Waals surface area contributed by atoms with Crippen LogP contribution in [-0.2, 0) is 6.42 Å². The summed E-state index contributed by atoms with van der Waals surface area (Å²) in [7, 11) is 0. The van der Waals surface area contributed by atoms with E-state index in [2.05, 4.69) is 54.7 Å². The van der Waals surface area contributed by atoms with Gasteiger partial charge in [0, 0.05) is 11.6 Å². The van der Waals surface area contributed by atoms with Gasteiger partial charge in [-0.1, -0.05) is 48.4 Å².